The van der Waals surface area contributed by atoms with Gasteiger partial charge in [0.05, 0.1) is 6.61 Å². The van der Waals surface area contributed by atoms with Crippen LogP contribution in [0, 0.1) is 6.92 Å². The van der Waals surface area contributed by atoms with Crippen molar-refractivity contribution in [1.82, 2.24) is 5.32 Å². The molecule has 23 heavy (non-hydrogen) atoms. The van der Waals surface area contributed by atoms with E-state index in [0.717, 1.165) is 16.9 Å². The summed E-state index contributed by atoms with van der Waals surface area (Å²) >= 11 is 0. The summed E-state index contributed by atoms with van der Waals surface area (Å²) in [6.45, 7) is 6.76. The molecule has 2 aromatic rings. The molecule has 0 heterocycles. The molecular formula is C19H23NO3. The van der Waals surface area contributed by atoms with Gasteiger partial charge in [-0.1, -0.05) is 29.8 Å². The standard InChI is InChI=1S/C19H23NO3/c1-4-22-18-7-5-6-16(12-18)13-20-19(21)15(3)23-17-10-8-14(2)9-11-17/h5-12,15H,4,13H2,1-3H3,(H,20,21)/t15-/m1/s1. The van der Waals surface area contributed by atoms with E-state index in [4.69, 9.17) is 9.47 Å². The fourth-order valence-electron chi connectivity index (χ4n) is 2.12. The van der Waals surface area contributed by atoms with Gasteiger partial charge in [-0.15, -0.1) is 0 Å². The third-order valence-corrected chi connectivity index (χ3v) is 3.38. The molecule has 1 atom stereocenters. The summed E-state index contributed by atoms with van der Waals surface area (Å²) < 4.78 is 11.1. The monoisotopic (exact) mass is 313 g/mol. The number of ether oxygens (including phenoxy) is 2. The summed E-state index contributed by atoms with van der Waals surface area (Å²) in [6, 6.07) is 15.3. The first-order valence-corrected chi connectivity index (χ1v) is 7.81. The summed E-state index contributed by atoms with van der Waals surface area (Å²) in [6.07, 6.45) is -0.548. The lowest BCUT2D eigenvalue weighted by atomic mass is 10.2. The van der Waals surface area contributed by atoms with E-state index in [-0.39, 0.29) is 5.91 Å². The minimum absolute atomic E-state index is 0.146. The predicted octanol–water partition coefficient (Wildman–Crippen LogP) is 3.48. The van der Waals surface area contributed by atoms with Gasteiger partial charge in [-0.2, -0.15) is 0 Å². The van der Waals surface area contributed by atoms with Gasteiger partial charge in [0, 0.05) is 6.54 Å². The Morgan fingerprint density at radius 3 is 2.57 bits per heavy atom. The number of benzene rings is 2. The molecular weight excluding hydrogens is 290 g/mol. The van der Waals surface area contributed by atoms with E-state index in [2.05, 4.69) is 5.32 Å². The minimum Gasteiger partial charge on any atom is -0.494 e. The molecule has 1 N–H and O–H groups in total. The molecule has 0 radical (unpaired) electrons. The van der Waals surface area contributed by atoms with Crippen LogP contribution < -0.4 is 14.8 Å². The van der Waals surface area contributed by atoms with Crippen molar-refractivity contribution in [3.63, 3.8) is 0 Å². The molecule has 0 fully saturated rings. The van der Waals surface area contributed by atoms with Crippen molar-refractivity contribution in [3.05, 3.63) is 59.7 Å². The molecule has 0 bridgehead atoms. The molecule has 1 amide bonds. The maximum atomic E-state index is 12.1. The van der Waals surface area contributed by atoms with Crippen molar-refractivity contribution in [2.45, 2.75) is 33.4 Å². The van der Waals surface area contributed by atoms with Crippen LogP contribution in [0.5, 0.6) is 11.5 Å². The predicted molar refractivity (Wildman–Crippen MR) is 90.7 cm³/mol. The topological polar surface area (TPSA) is 47.6 Å². The summed E-state index contributed by atoms with van der Waals surface area (Å²) in [5.74, 6) is 1.35. The van der Waals surface area contributed by atoms with Crippen LogP contribution in [-0.2, 0) is 11.3 Å². The van der Waals surface area contributed by atoms with Crippen LogP contribution in [0.4, 0.5) is 0 Å². The quantitative estimate of drug-likeness (QED) is 0.851. The summed E-state index contributed by atoms with van der Waals surface area (Å²) in [5.41, 5.74) is 2.15. The highest BCUT2D eigenvalue weighted by molar-refractivity contribution is 5.80. The Hall–Kier alpha value is -2.49. The molecule has 4 heteroatoms. The second kappa shape index (κ2) is 8.22. The van der Waals surface area contributed by atoms with E-state index in [1.165, 1.54) is 0 Å². The number of aryl methyl sites for hydroxylation is 1. The largest absolute Gasteiger partial charge is 0.494 e. The third kappa shape index (κ3) is 5.33. The van der Waals surface area contributed by atoms with Crippen molar-refractivity contribution >= 4 is 5.91 Å². The fraction of sp³-hybridized carbons (Fsp3) is 0.316. The number of carbonyl (C=O) groups is 1. The minimum atomic E-state index is -0.548. The average Bonchev–Trinajstić information content (AvgIpc) is 2.55. The maximum absolute atomic E-state index is 12.1. The first-order valence-electron chi connectivity index (χ1n) is 7.81. The van der Waals surface area contributed by atoms with E-state index >= 15 is 0 Å². The lowest BCUT2D eigenvalue weighted by molar-refractivity contribution is -0.127. The van der Waals surface area contributed by atoms with Crippen LogP contribution in [0.2, 0.25) is 0 Å². The number of carbonyl (C=O) groups excluding carboxylic acids is 1. The van der Waals surface area contributed by atoms with Crippen LogP contribution in [0.25, 0.3) is 0 Å². The van der Waals surface area contributed by atoms with Gasteiger partial charge in [-0.3, -0.25) is 4.79 Å². The zero-order valence-electron chi connectivity index (χ0n) is 13.8. The van der Waals surface area contributed by atoms with Gasteiger partial charge in [0.2, 0.25) is 0 Å². The smallest absolute Gasteiger partial charge is 0.261 e. The number of hydrogen-bond donors (Lipinski definition) is 1. The summed E-state index contributed by atoms with van der Waals surface area (Å²) in [7, 11) is 0. The highest BCUT2D eigenvalue weighted by atomic mass is 16.5. The van der Waals surface area contributed by atoms with Gasteiger partial charge in [-0.25, -0.2) is 0 Å². The first-order chi connectivity index (χ1) is 11.1. The molecule has 0 aliphatic heterocycles. The van der Waals surface area contributed by atoms with Crippen molar-refractivity contribution in [1.29, 1.82) is 0 Å². The van der Waals surface area contributed by atoms with Crippen LogP contribution in [0.3, 0.4) is 0 Å². The molecule has 0 spiro atoms. The Balaban J connectivity index is 1.86. The summed E-state index contributed by atoms with van der Waals surface area (Å²) in [4.78, 5) is 12.1. The Labute approximate surface area is 137 Å². The Bertz CT molecular complexity index is 637. The Morgan fingerprint density at radius 2 is 1.87 bits per heavy atom. The molecule has 0 aromatic heterocycles. The van der Waals surface area contributed by atoms with E-state index in [1.54, 1.807) is 6.92 Å². The average molecular weight is 313 g/mol. The van der Waals surface area contributed by atoms with Crippen molar-refractivity contribution in [2.24, 2.45) is 0 Å². The van der Waals surface area contributed by atoms with E-state index < -0.39 is 6.10 Å². The molecule has 2 aromatic carbocycles. The van der Waals surface area contributed by atoms with Gasteiger partial charge in [-0.05, 0) is 50.6 Å². The van der Waals surface area contributed by atoms with E-state index in [0.29, 0.717) is 18.9 Å². The summed E-state index contributed by atoms with van der Waals surface area (Å²) in [5, 5.41) is 2.88. The van der Waals surface area contributed by atoms with Crippen LogP contribution in [-0.4, -0.2) is 18.6 Å². The zero-order valence-corrected chi connectivity index (χ0v) is 13.8. The van der Waals surface area contributed by atoms with Gasteiger partial charge >= 0.3 is 0 Å². The maximum Gasteiger partial charge on any atom is 0.261 e. The van der Waals surface area contributed by atoms with Crippen LogP contribution in [0.1, 0.15) is 25.0 Å². The highest BCUT2D eigenvalue weighted by Gasteiger charge is 2.14. The Kier molecular flexibility index (Phi) is 6.03. The third-order valence-electron chi connectivity index (χ3n) is 3.38. The van der Waals surface area contributed by atoms with Gasteiger partial charge in [0.1, 0.15) is 11.5 Å². The molecule has 0 aliphatic carbocycles. The van der Waals surface area contributed by atoms with Gasteiger partial charge in [0.25, 0.3) is 5.91 Å². The van der Waals surface area contributed by atoms with Gasteiger partial charge in [0.15, 0.2) is 6.10 Å². The van der Waals surface area contributed by atoms with Gasteiger partial charge < -0.3 is 14.8 Å². The molecule has 0 saturated carbocycles. The normalized spacial score (nSPS) is 11.6. The fourth-order valence-corrected chi connectivity index (χ4v) is 2.12. The zero-order chi connectivity index (χ0) is 16.7. The molecule has 122 valence electrons. The highest BCUT2D eigenvalue weighted by Crippen LogP contribution is 2.14. The number of amides is 1. The lowest BCUT2D eigenvalue weighted by Gasteiger charge is -2.15. The van der Waals surface area contributed by atoms with Crippen LogP contribution in [0.15, 0.2) is 48.5 Å². The second-order valence-corrected chi connectivity index (χ2v) is 5.37. The first kappa shape index (κ1) is 16.9. The number of rotatable bonds is 7. The van der Waals surface area contributed by atoms with E-state index in [9.17, 15) is 4.79 Å². The second-order valence-electron chi connectivity index (χ2n) is 5.37. The molecule has 0 aliphatic rings. The number of nitrogens with one attached hydrogen (secondary N) is 1. The van der Waals surface area contributed by atoms with Crippen molar-refractivity contribution in [2.75, 3.05) is 6.61 Å². The number of hydrogen-bond acceptors (Lipinski definition) is 3. The Morgan fingerprint density at radius 1 is 1.13 bits per heavy atom. The molecule has 4 nitrogen and oxygen atoms in total. The SMILES string of the molecule is CCOc1cccc(CNC(=O)[C@@H](C)Oc2ccc(C)cc2)c1. The molecule has 2 rings (SSSR count). The lowest BCUT2D eigenvalue weighted by Crippen LogP contribution is -2.35. The van der Waals surface area contributed by atoms with Crippen molar-refractivity contribution < 1.29 is 14.3 Å². The molecule has 0 saturated heterocycles. The van der Waals surface area contributed by atoms with Crippen LogP contribution >= 0.6 is 0 Å². The van der Waals surface area contributed by atoms with E-state index in [1.807, 2.05) is 62.4 Å². The molecule has 0 unspecified atom stereocenters. The van der Waals surface area contributed by atoms with Crippen molar-refractivity contribution in [3.8, 4) is 11.5 Å².